The minimum absolute atomic E-state index is 1.20. The van der Waals surface area contributed by atoms with E-state index >= 15 is 0 Å². The van der Waals surface area contributed by atoms with E-state index in [0.29, 0.717) is 0 Å². The highest BCUT2D eigenvalue weighted by molar-refractivity contribution is 5.67. The minimum atomic E-state index is 1.20. The topological polar surface area (TPSA) is 47.6 Å². The van der Waals surface area contributed by atoms with Crippen molar-refractivity contribution < 1.29 is 0 Å². The Morgan fingerprint density at radius 2 is 1.41 bits per heavy atom. The number of benzene rings is 2. The van der Waals surface area contributed by atoms with Crippen molar-refractivity contribution in [1.29, 1.82) is 10.5 Å². The molecular formula is C20H22N2. The maximum Gasteiger partial charge on any atom is 0.181 e. The highest BCUT2D eigenvalue weighted by Crippen LogP contribution is 2.24. The first-order valence-electron chi connectivity index (χ1n) is 7.75. The second kappa shape index (κ2) is 11.1. The van der Waals surface area contributed by atoms with Crippen LogP contribution in [0.5, 0.6) is 0 Å². The van der Waals surface area contributed by atoms with Crippen LogP contribution < -0.4 is 0 Å². The summed E-state index contributed by atoms with van der Waals surface area (Å²) in [7, 11) is 0. The van der Waals surface area contributed by atoms with E-state index in [2.05, 4.69) is 61.5 Å². The van der Waals surface area contributed by atoms with Crippen LogP contribution in [-0.2, 0) is 6.42 Å². The lowest BCUT2D eigenvalue weighted by Crippen LogP contribution is -1.90. The normalized spacial score (nSPS) is 9.05. The summed E-state index contributed by atoms with van der Waals surface area (Å²) in [5.74, 6) is 0. The molecule has 0 saturated heterocycles. The standard InChI is InChI=1S/C18H22.C2N2/c1-2-3-4-6-11-17-14-9-10-15-18(17)16-12-7-5-8-13-16;3-1-2-4/h5,7-10,12-15H,2-4,6,11H2,1H3;. The van der Waals surface area contributed by atoms with Crippen LogP contribution >= 0.6 is 0 Å². The van der Waals surface area contributed by atoms with Gasteiger partial charge in [-0.25, -0.2) is 0 Å². The maximum absolute atomic E-state index is 7.26. The number of unbranched alkanes of at least 4 members (excludes halogenated alkanes) is 3. The predicted molar refractivity (Wildman–Crippen MR) is 91.0 cm³/mol. The molecule has 22 heavy (non-hydrogen) atoms. The Hall–Kier alpha value is -2.58. The second-order valence-electron chi connectivity index (χ2n) is 5.06. The molecule has 0 radical (unpaired) electrons. The number of nitriles is 2. The SMILES string of the molecule is CCCCCCc1ccccc1-c1ccccc1.N#CC#N. The third-order valence-electron chi connectivity index (χ3n) is 3.45. The van der Waals surface area contributed by atoms with Crippen LogP contribution in [0.15, 0.2) is 54.6 Å². The van der Waals surface area contributed by atoms with Crippen LogP contribution in [0, 0.1) is 22.7 Å². The van der Waals surface area contributed by atoms with Gasteiger partial charge in [-0.15, -0.1) is 0 Å². The molecule has 2 rings (SSSR count). The molecule has 0 aliphatic heterocycles. The highest BCUT2D eigenvalue weighted by Gasteiger charge is 2.03. The van der Waals surface area contributed by atoms with Gasteiger partial charge in [-0.3, -0.25) is 0 Å². The van der Waals surface area contributed by atoms with E-state index < -0.39 is 0 Å². The van der Waals surface area contributed by atoms with Crippen molar-refractivity contribution in [1.82, 2.24) is 0 Å². The molecule has 0 bridgehead atoms. The van der Waals surface area contributed by atoms with E-state index in [4.69, 9.17) is 10.5 Å². The van der Waals surface area contributed by atoms with Gasteiger partial charge in [-0.05, 0) is 29.5 Å². The van der Waals surface area contributed by atoms with Crippen molar-refractivity contribution >= 4 is 0 Å². The van der Waals surface area contributed by atoms with Crippen molar-refractivity contribution in [3.63, 3.8) is 0 Å². The fourth-order valence-corrected chi connectivity index (χ4v) is 2.38. The quantitative estimate of drug-likeness (QED) is 0.658. The Bertz CT molecular complexity index is 606. The first-order chi connectivity index (χ1) is 10.8. The zero-order valence-electron chi connectivity index (χ0n) is 13.1. The zero-order valence-corrected chi connectivity index (χ0v) is 13.1. The van der Waals surface area contributed by atoms with Gasteiger partial charge in [0.05, 0.1) is 0 Å². The number of nitrogens with zero attached hydrogens (tertiary/aromatic N) is 2. The first kappa shape index (κ1) is 17.5. The molecule has 0 amide bonds. The van der Waals surface area contributed by atoms with E-state index in [1.54, 1.807) is 0 Å². The van der Waals surface area contributed by atoms with Crippen LogP contribution in [0.4, 0.5) is 0 Å². The zero-order chi connectivity index (χ0) is 16.0. The van der Waals surface area contributed by atoms with E-state index in [1.165, 1.54) is 60.9 Å². The summed E-state index contributed by atoms with van der Waals surface area (Å²) >= 11 is 0. The summed E-state index contributed by atoms with van der Waals surface area (Å²) in [6.07, 6.45) is 6.51. The summed E-state index contributed by atoms with van der Waals surface area (Å²) in [6, 6.07) is 22.0. The van der Waals surface area contributed by atoms with Gasteiger partial charge in [0.25, 0.3) is 0 Å². The third-order valence-corrected chi connectivity index (χ3v) is 3.45. The largest absolute Gasteiger partial charge is 0.181 e. The van der Waals surface area contributed by atoms with E-state index in [0.717, 1.165) is 0 Å². The van der Waals surface area contributed by atoms with Gasteiger partial charge >= 0.3 is 0 Å². The Morgan fingerprint density at radius 1 is 0.773 bits per heavy atom. The van der Waals surface area contributed by atoms with Gasteiger partial charge in [0.1, 0.15) is 0 Å². The fraction of sp³-hybridized carbons (Fsp3) is 0.300. The molecule has 0 heterocycles. The second-order valence-corrected chi connectivity index (χ2v) is 5.06. The van der Waals surface area contributed by atoms with E-state index in [9.17, 15) is 0 Å². The predicted octanol–water partition coefficient (Wildman–Crippen LogP) is 5.51. The fourth-order valence-electron chi connectivity index (χ4n) is 2.38. The molecule has 2 aromatic rings. The summed E-state index contributed by atoms with van der Waals surface area (Å²) < 4.78 is 0. The molecule has 112 valence electrons. The highest BCUT2D eigenvalue weighted by atomic mass is 14.3. The summed E-state index contributed by atoms with van der Waals surface area (Å²) in [5, 5.41) is 14.5. The average Bonchev–Trinajstić information content (AvgIpc) is 2.60. The van der Waals surface area contributed by atoms with Gasteiger partial charge in [0, 0.05) is 0 Å². The van der Waals surface area contributed by atoms with Crippen LogP contribution in [-0.4, -0.2) is 0 Å². The minimum Gasteiger partial charge on any atom is -0.181 e. The molecule has 0 saturated carbocycles. The number of aryl methyl sites for hydroxylation is 1. The Kier molecular flexibility index (Phi) is 8.83. The molecule has 2 nitrogen and oxygen atoms in total. The molecule has 0 spiro atoms. The molecule has 0 aliphatic rings. The van der Waals surface area contributed by atoms with Crippen molar-refractivity contribution in [2.24, 2.45) is 0 Å². The van der Waals surface area contributed by atoms with Gasteiger partial charge in [-0.1, -0.05) is 80.8 Å². The summed E-state index contributed by atoms with van der Waals surface area (Å²) in [5.41, 5.74) is 4.22. The van der Waals surface area contributed by atoms with E-state index in [-0.39, 0.29) is 0 Å². The van der Waals surface area contributed by atoms with Crippen molar-refractivity contribution in [3.8, 4) is 23.3 Å². The van der Waals surface area contributed by atoms with Crippen LogP contribution in [0.2, 0.25) is 0 Å². The Labute approximate surface area is 133 Å². The lowest BCUT2D eigenvalue weighted by atomic mass is 9.96. The Morgan fingerprint density at radius 3 is 2.05 bits per heavy atom. The van der Waals surface area contributed by atoms with Gasteiger partial charge in [-0.2, -0.15) is 10.5 Å². The molecule has 0 aromatic heterocycles. The van der Waals surface area contributed by atoms with E-state index in [1.807, 2.05) is 0 Å². The monoisotopic (exact) mass is 290 g/mol. The molecule has 2 aromatic carbocycles. The van der Waals surface area contributed by atoms with Gasteiger partial charge in [0.15, 0.2) is 12.1 Å². The average molecular weight is 290 g/mol. The lowest BCUT2D eigenvalue weighted by molar-refractivity contribution is 0.667. The van der Waals surface area contributed by atoms with Crippen molar-refractivity contribution in [2.75, 3.05) is 0 Å². The molecule has 0 unspecified atom stereocenters. The lowest BCUT2D eigenvalue weighted by Gasteiger charge is -2.09. The number of rotatable bonds is 6. The first-order valence-corrected chi connectivity index (χ1v) is 7.75. The van der Waals surface area contributed by atoms with Crippen LogP contribution in [0.1, 0.15) is 38.2 Å². The van der Waals surface area contributed by atoms with Gasteiger partial charge in [0.2, 0.25) is 0 Å². The van der Waals surface area contributed by atoms with Crippen LogP contribution in [0.25, 0.3) is 11.1 Å². The summed E-state index contributed by atoms with van der Waals surface area (Å²) in [4.78, 5) is 0. The van der Waals surface area contributed by atoms with Crippen molar-refractivity contribution in [3.05, 3.63) is 60.2 Å². The molecule has 2 heteroatoms. The molecular weight excluding hydrogens is 268 g/mol. The maximum atomic E-state index is 7.26. The number of hydrogen-bond acceptors (Lipinski definition) is 2. The Balaban J connectivity index is 0.000000541. The smallest absolute Gasteiger partial charge is 0.181 e. The molecule has 0 fully saturated rings. The molecule has 0 atom stereocenters. The molecule has 0 N–H and O–H groups in total. The van der Waals surface area contributed by atoms with Gasteiger partial charge < -0.3 is 0 Å². The molecule has 0 aliphatic carbocycles. The summed E-state index contributed by atoms with van der Waals surface area (Å²) in [6.45, 7) is 2.26. The van der Waals surface area contributed by atoms with Crippen LogP contribution in [0.3, 0.4) is 0 Å². The van der Waals surface area contributed by atoms with Crippen molar-refractivity contribution in [2.45, 2.75) is 39.0 Å². The third kappa shape index (κ3) is 6.25. The number of hydrogen-bond donors (Lipinski definition) is 0.